The lowest BCUT2D eigenvalue weighted by Crippen LogP contribution is -2.39. The van der Waals surface area contributed by atoms with Gasteiger partial charge in [-0.05, 0) is 42.9 Å². The van der Waals surface area contributed by atoms with Gasteiger partial charge in [0, 0.05) is 13.1 Å². The zero-order chi connectivity index (χ0) is 15.6. The SMILES string of the molecule is CC(C)C1CCN(S(=O)(=O)c2ccc(C#N)c(Cl)c2)CC1. The molecule has 1 fully saturated rings. The lowest BCUT2D eigenvalue weighted by molar-refractivity contribution is 0.226. The zero-order valence-corrected chi connectivity index (χ0v) is 13.8. The quantitative estimate of drug-likeness (QED) is 0.856. The van der Waals surface area contributed by atoms with Crippen molar-refractivity contribution in [1.29, 1.82) is 5.26 Å². The van der Waals surface area contributed by atoms with E-state index in [1.807, 2.05) is 6.07 Å². The third-order valence-corrected chi connectivity index (χ3v) is 6.35. The van der Waals surface area contributed by atoms with Crippen LogP contribution in [0.1, 0.15) is 32.3 Å². The maximum Gasteiger partial charge on any atom is 0.243 e. The molecule has 0 unspecified atom stereocenters. The predicted molar refractivity (Wildman–Crippen MR) is 82.5 cm³/mol. The largest absolute Gasteiger partial charge is 0.243 e. The second kappa shape index (κ2) is 6.35. The number of hydrogen-bond donors (Lipinski definition) is 0. The Kier molecular flexibility index (Phi) is 4.92. The molecule has 1 aromatic carbocycles. The fourth-order valence-electron chi connectivity index (χ4n) is 2.68. The summed E-state index contributed by atoms with van der Waals surface area (Å²) in [7, 11) is -3.52. The molecular formula is C15H19ClN2O2S. The van der Waals surface area contributed by atoms with E-state index in [9.17, 15) is 8.42 Å². The number of hydrogen-bond acceptors (Lipinski definition) is 3. The van der Waals surface area contributed by atoms with Crippen molar-refractivity contribution < 1.29 is 8.42 Å². The molecule has 0 saturated carbocycles. The van der Waals surface area contributed by atoms with Crippen LogP contribution in [0.4, 0.5) is 0 Å². The number of halogens is 1. The van der Waals surface area contributed by atoms with E-state index in [0.717, 1.165) is 12.8 Å². The maximum absolute atomic E-state index is 12.6. The van der Waals surface area contributed by atoms with Gasteiger partial charge in [0.05, 0.1) is 15.5 Å². The highest BCUT2D eigenvalue weighted by atomic mass is 35.5. The molecule has 0 radical (unpaired) electrons. The molecule has 0 bridgehead atoms. The number of piperidine rings is 1. The lowest BCUT2D eigenvalue weighted by atomic mass is 9.87. The Balaban J connectivity index is 2.20. The maximum atomic E-state index is 12.6. The van der Waals surface area contributed by atoms with Crippen molar-refractivity contribution in [2.24, 2.45) is 11.8 Å². The molecule has 1 aliphatic rings. The minimum atomic E-state index is -3.52. The first-order valence-electron chi connectivity index (χ1n) is 7.06. The van der Waals surface area contributed by atoms with Crippen molar-refractivity contribution >= 4 is 21.6 Å². The third kappa shape index (κ3) is 3.39. The van der Waals surface area contributed by atoms with Crippen LogP contribution in [-0.4, -0.2) is 25.8 Å². The van der Waals surface area contributed by atoms with Crippen molar-refractivity contribution in [2.45, 2.75) is 31.6 Å². The average Bonchev–Trinajstić information content (AvgIpc) is 2.47. The van der Waals surface area contributed by atoms with Crippen LogP contribution in [0.5, 0.6) is 0 Å². The molecule has 1 aromatic rings. The van der Waals surface area contributed by atoms with Crippen LogP contribution in [0, 0.1) is 23.2 Å². The number of nitrogens with zero attached hydrogens (tertiary/aromatic N) is 2. The van der Waals surface area contributed by atoms with Crippen molar-refractivity contribution in [3.63, 3.8) is 0 Å². The van der Waals surface area contributed by atoms with Gasteiger partial charge in [0.1, 0.15) is 6.07 Å². The first-order valence-corrected chi connectivity index (χ1v) is 8.88. The highest BCUT2D eigenvalue weighted by Gasteiger charge is 2.30. The number of rotatable bonds is 3. The molecule has 0 N–H and O–H groups in total. The first-order chi connectivity index (χ1) is 9.86. The van der Waals surface area contributed by atoms with Gasteiger partial charge in [-0.2, -0.15) is 9.57 Å². The van der Waals surface area contributed by atoms with Crippen LogP contribution in [0.15, 0.2) is 23.1 Å². The molecule has 0 amide bonds. The van der Waals surface area contributed by atoms with Gasteiger partial charge in [0.15, 0.2) is 0 Å². The molecular weight excluding hydrogens is 308 g/mol. The third-order valence-electron chi connectivity index (χ3n) is 4.14. The standard InChI is InChI=1S/C15H19ClN2O2S/c1-11(2)12-5-7-18(8-6-12)21(19,20)14-4-3-13(10-17)15(16)9-14/h3-4,9,11-12H,5-8H2,1-2H3. The van der Waals surface area contributed by atoms with E-state index in [2.05, 4.69) is 13.8 Å². The van der Waals surface area contributed by atoms with Crippen molar-refractivity contribution in [3.05, 3.63) is 28.8 Å². The molecule has 21 heavy (non-hydrogen) atoms. The summed E-state index contributed by atoms with van der Waals surface area (Å²) in [6.07, 6.45) is 1.78. The van der Waals surface area contributed by atoms with Crippen LogP contribution in [0.3, 0.4) is 0 Å². The number of nitriles is 1. The molecule has 0 spiro atoms. The summed E-state index contributed by atoms with van der Waals surface area (Å²) >= 11 is 5.93. The van der Waals surface area contributed by atoms with Crippen LogP contribution < -0.4 is 0 Å². The van der Waals surface area contributed by atoms with E-state index in [1.54, 1.807) is 0 Å². The predicted octanol–water partition coefficient (Wildman–Crippen LogP) is 3.27. The van der Waals surface area contributed by atoms with Crippen LogP contribution in [-0.2, 0) is 10.0 Å². The Morgan fingerprint density at radius 2 is 1.95 bits per heavy atom. The summed E-state index contributed by atoms with van der Waals surface area (Å²) in [5, 5.41) is 9.02. The van der Waals surface area contributed by atoms with Crippen LogP contribution in [0.2, 0.25) is 5.02 Å². The fourth-order valence-corrected chi connectivity index (χ4v) is 4.46. The summed E-state index contributed by atoms with van der Waals surface area (Å²) in [6.45, 7) is 5.44. The van der Waals surface area contributed by atoms with Gasteiger partial charge in [-0.1, -0.05) is 25.4 Å². The van der Waals surface area contributed by atoms with E-state index >= 15 is 0 Å². The van der Waals surface area contributed by atoms with E-state index in [1.165, 1.54) is 22.5 Å². The fraction of sp³-hybridized carbons (Fsp3) is 0.533. The Hall–Kier alpha value is -1.09. The molecule has 1 heterocycles. The van der Waals surface area contributed by atoms with Gasteiger partial charge in [-0.3, -0.25) is 0 Å². The topological polar surface area (TPSA) is 61.2 Å². The Morgan fingerprint density at radius 1 is 1.33 bits per heavy atom. The molecule has 1 aliphatic heterocycles. The number of sulfonamides is 1. The first kappa shape index (κ1) is 16.3. The summed E-state index contributed by atoms with van der Waals surface area (Å²) in [5.74, 6) is 1.17. The van der Waals surface area contributed by atoms with Gasteiger partial charge < -0.3 is 0 Å². The second-order valence-electron chi connectivity index (χ2n) is 5.74. The number of benzene rings is 1. The van der Waals surface area contributed by atoms with E-state index in [0.29, 0.717) is 24.9 Å². The smallest absolute Gasteiger partial charge is 0.207 e. The van der Waals surface area contributed by atoms with Crippen molar-refractivity contribution in [1.82, 2.24) is 4.31 Å². The Labute approximate surface area is 131 Å². The summed E-state index contributed by atoms with van der Waals surface area (Å²) in [5.41, 5.74) is 0.286. The van der Waals surface area contributed by atoms with Crippen LogP contribution in [0.25, 0.3) is 0 Å². The minimum absolute atomic E-state index is 0.162. The molecule has 0 aromatic heterocycles. The monoisotopic (exact) mass is 326 g/mol. The van der Waals surface area contributed by atoms with Gasteiger partial charge in [-0.15, -0.1) is 0 Å². The highest BCUT2D eigenvalue weighted by Crippen LogP contribution is 2.29. The van der Waals surface area contributed by atoms with Gasteiger partial charge in [-0.25, -0.2) is 8.42 Å². The Bertz CT molecular complexity index is 657. The summed E-state index contributed by atoms with van der Waals surface area (Å²) < 4.78 is 26.7. The van der Waals surface area contributed by atoms with Crippen LogP contribution >= 0.6 is 11.6 Å². The molecule has 0 atom stereocenters. The van der Waals surface area contributed by atoms with Gasteiger partial charge in [0.25, 0.3) is 0 Å². The average molecular weight is 327 g/mol. The lowest BCUT2D eigenvalue weighted by Gasteiger charge is -2.33. The van der Waals surface area contributed by atoms with Crippen molar-refractivity contribution in [3.8, 4) is 6.07 Å². The Morgan fingerprint density at radius 3 is 2.43 bits per heavy atom. The summed E-state index contributed by atoms with van der Waals surface area (Å²) in [4.78, 5) is 0.162. The molecule has 6 heteroatoms. The molecule has 1 saturated heterocycles. The van der Waals surface area contributed by atoms with Gasteiger partial charge in [0.2, 0.25) is 10.0 Å². The molecule has 114 valence electrons. The zero-order valence-electron chi connectivity index (χ0n) is 12.2. The summed E-state index contributed by atoms with van der Waals surface area (Å²) in [6, 6.07) is 6.20. The molecule has 2 rings (SSSR count). The van der Waals surface area contributed by atoms with E-state index in [4.69, 9.17) is 16.9 Å². The van der Waals surface area contributed by atoms with Crippen molar-refractivity contribution in [2.75, 3.05) is 13.1 Å². The highest BCUT2D eigenvalue weighted by molar-refractivity contribution is 7.89. The minimum Gasteiger partial charge on any atom is -0.207 e. The van der Waals surface area contributed by atoms with E-state index in [-0.39, 0.29) is 15.5 Å². The van der Waals surface area contributed by atoms with E-state index < -0.39 is 10.0 Å². The second-order valence-corrected chi connectivity index (χ2v) is 8.08. The van der Waals surface area contributed by atoms with Gasteiger partial charge >= 0.3 is 0 Å². The molecule has 0 aliphatic carbocycles. The molecule has 4 nitrogen and oxygen atoms in total. The normalized spacial score (nSPS) is 17.9.